The summed E-state index contributed by atoms with van der Waals surface area (Å²) >= 11 is 1.16. The van der Waals surface area contributed by atoms with Crippen LogP contribution in [-0.2, 0) is 9.59 Å². The van der Waals surface area contributed by atoms with Crippen LogP contribution in [0.4, 0.5) is 4.39 Å². The fraction of sp³-hybridized carbons (Fsp3) is 0.333. The van der Waals surface area contributed by atoms with E-state index in [1.54, 1.807) is 17.0 Å². The van der Waals surface area contributed by atoms with Crippen LogP contribution >= 0.6 is 11.8 Å². The normalized spacial score (nSPS) is 22.5. The molecule has 4 nitrogen and oxygen atoms in total. The van der Waals surface area contributed by atoms with Crippen molar-refractivity contribution in [3.8, 4) is 0 Å². The number of hydrogen-bond acceptors (Lipinski definition) is 3. The van der Waals surface area contributed by atoms with Crippen molar-refractivity contribution in [1.29, 1.82) is 0 Å². The predicted octanol–water partition coefficient (Wildman–Crippen LogP) is 4.43. The Labute approximate surface area is 162 Å². The average Bonchev–Trinajstić information content (AvgIpc) is 2.90. The molecule has 1 N–H and O–H groups in total. The summed E-state index contributed by atoms with van der Waals surface area (Å²) in [6, 6.07) is 12.4. The summed E-state index contributed by atoms with van der Waals surface area (Å²) in [6.07, 6.45) is -0.139. The second kappa shape index (κ2) is 7.35. The first-order chi connectivity index (χ1) is 12.7. The van der Waals surface area contributed by atoms with Crippen molar-refractivity contribution < 1.29 is 19.1 Å². The molecule has 0 spiro atoms. The standard InChI is InChI=1S/C21H22FNO3S/c1-13(2)23-18(24)12-21(20(25)26,27-17-9-7-14(3)8-10-17)19(23)15-5-4-6-16(22)11-15/h4-11,13,19H,12H2,1-3H3,(H,25,26)/t19-,21-/m1/s1. The van der Waals surface area contributed by atoms with E-state index in [-0.39, 0.29) is 18.4 Å². The fourth-order valence-electron chi connectivity index (χ4n) is 3.62. The van der Waals surface area contributed by atoms with E-state index in [0.29, 0.717) is 5.56 Å². The lowest BCUT2D eigenvalue weighted by atomic mass is 9.92. The molecule has 0 aromatic heterocycles. The van der Waals surface area contributed by atoms with Crippen LogP contribution in [0.2, 0.25) is 0 Å². The maximum absolute atomic E-state index is 13.9. The van der Waals surface area contributed by atoms with Gasteiger partial charge in [-0.15, -0.1) is 11.8 Å². The highest BCUT2D eigenvalue weighted by Gasteiger charge is 2.59. The van der Waals surface area contributed by atoms with Gasteiger partial charge in [0.1, 0.15) is 5.82 Å². The zero-order chi connectivity index (χ0) is 19.8. The molecule has 0 saturated carbocycles. The van der Waals surface area contributed by atoms with E-state index in [1.807, 2.05) is 45.0 Å². The van der Waals surface area contributed by atoms with Crippen LogP contribution in [-0.4, -0.2) is 32.7 Å². The van der Waals surface area contributed by atoms with E-state index in [0.717, 1.165) is 22.2 Å². The summed E-state index contributed by atoms with van der Waals surface area (Å²) in [5.41, 5.74) is 1.56. The molecule has 0 aliphatic carbocycles. The molecule has 1 aliphatic heterocycles. The summed E-state index contributed by atoms with van der Waals surface area (Å²) < 4.78 is 12.5. The third-order valence-corrected chi connectivity index (χ3v) is 6.24. The topological polar surface area (TPSA) is 57.6 Å². The number of aryl methyl sites for hydroxylation is 1. The number of rotatable bonds is 5. The lowest BCUT2D eigenvalue weighted by molar-refractivity contribution is -0.140. The van der Waals surface area contributed by atoms with E-state index < -0.39 is 22.6 Å². The summed E-state index contributed by atoms with van der Waals surface area (Å²) in [5, 5.41) is 10.2. The van der Waals surface area contributed by atoms with Crippen molar-refractivity contribution in [3.63, 3.8) is 0 Å². The summed E-state index contributed by atoms with van der Waals surface area (Å²) in [4.78, 5) is 27.6. The zero-order valence-electron chi connectivity index (χ0n) is 15.5. The number of carboxylic acids is 1. The molecule has 6 heteroatoms. The van der Waals surface area contributed by atoms with E-state index >= 15 is 0 Å². The van der Waals surface area contributed by atoms with Crippen LogP contribution < -0.4 is 0 Å². The quantitative estimate of drug-likeness (QED) is 0.824. The number of benzene rings is 2. The molecule has 2 aromatic carbocycles. The van der Waals surface area contributed by atoms with E-state index in [4.69, 9.17) is 0 Å². The molecule has 2 atom stereocenters. The fourth-order valence-corrected chi connectivity index (χ4v) is 4.96. The molecular formula is C21H22FNO3S. The van der Waals surface area contributed by atoms with Crippen LogP contribution in [0.5, 0.6) is 0 Å². The summed E-state index contributed by atoms with van der Waals surface area (Å²) in [6.45, 7) is 5.65. The first kappa shape index (κ1) is 19.4. The molecule has 2 aromatic rings. The molecule has 1 amide bonds. The Kier molecular flexibility index (Phi) is 5.29. The van der Waals surface area contributed by atoms with Crippen molar-refractivity contribution >= 4 is 23.6 Å². The van der Waals surface area contributed by atoms with Gasteiger partial charge >= 0.3 is 5.97 Å². The van der Waals surface area contributed by atoms with Gasteiger partial charge in [-0.3, -0.25) is 9.59 Å². The molecule has 1 saturated heterocycles. The van der Waals surface area contributed by atoms with Gasteiger partial charge in [0.05, 0.1) is 12.5 Å². The molecule has 27 heavy (non-hydrogen) atoms. The number of hydrogen-bond donors (Lipinski definition) is 1. The Morgan fingerprint density at radius 2 is 1.93 bits per heavy atom. The SMILES string of the molecule is Cc1ccc(S[C@]2(C(=O)O)CC(=O)N(C(C)C)[C@@H]2c2cccc(F)c2)cc1. The molecular weight excluding hydrogens is 365 g/mol. The monoisotopic (exact) mass is 387 g/mol. The number of halogens is 1. The highest BCUT2D eigenvalue weighted by molar-refractivity contribution is 8.01. The second-order valence-electron chi connectivity index (χ2n) is 7.14. The Morgan fingerprint density at radius 3 is 2.48 bits per heavy atom. The number of amides is 1. The maximum Gasteiger partial charge on any atom is 0.323 e. The van der Waals surface area contributed by atoms with Crippen LogP contribution in [0, 0.1) is 12.7 Å². The number of carbonyl (C=O) groups is 2. The number of aliphatic carboxylic acids is 1. The average molecular weight is 387 g/mol. The second-order valence-corrected chi connectivity index (χ2v) is 8.54. The van der Waals surface area contributed by atoms with Gasteiger partial charge in [0, 0.05) is 10.9 Å². The molecule has 1 fully saturated rings. The van der Waals surface area contributed by atoms with Gasteiger partial charge in [-0.1, -0.05) is 29.8 Å². The van der Waals surface area contributed by atoms with Crippen molar-refractivity contribution in [2.24, 2.45) is 0 Å². The van der Waals surface area contributed by atoms with Crippen LogP contribution in [0.15, 0.2) is 53.4 Å². The number of thioether (sulfide) groups is 1. The predicted molar refractivity (Wildman–Crippen MR) is 103 cm³/mol. The number of nitrogens with zero attached hydrogens (tertiary/aromatic N) is 1. The molecule has 0 bridgehead atoms. The van der Waals surface area contributed by atoms with Crippen LogP contribution in [0.3, 0.4) is 0 Å². The van der Waals surface area contributed by atoms with Crippen molar-refractivity contribution in [1.82, 2.24) is 4.90 Å². The largest absolute Gasteiger partial charge is 0.480 e. The summed E-state index contributed by atoms with van der Waals surface area (Å²) in [5.74, 6) is -1.75. The minimum absolute atomic E-state index is 0.139. The highest BCUT2D eigenvalue weighted by Crippen LogP contribution is 2.53. The number of carbonyl (C=O) groups excluding carboxylic acids is 1. The van der Waals surface area contributed by atoms with E-state index in [1.165, 1.54) is 12.1 Å². The van der Waals surface area contributed by atoms with E-state index in [2.05, 4.69) is 0 Å². The van der Waals surface area contributed by atoms with Crippen molar-refractivity contribution in [2.45, 2.75) is 48.9 Å². The van der Waals surface area contributed by atoms with Gasteiger partial charge in [-0.05, 0) is 50.6 Å². The lowest BCUT2D eigenvalue weighted by Crippen LogP contribution is -2.43. The Bertz CT molecular complexity index is 868. The minimum Gasteiger partial charge on any atom is -0.480 e. The smallest absolute Gasteiger partial charge is 0.323 e. The van der Waals surface area contributed by atoms with Crippen molar-refractivity contribution in [3.05, 3.63) is 65.5 Å². The Balaban J connectivity index is 2.15. The van der Waals surface area contributed by atoms with Crippen molar-refractivity contribution in [2.75, 3.05) is 0 Å². The molecule has 3 rings (SSSR count). The van der Waals surface area contributed by atoms with E-state index in [9.17, 15) is 19.1 Å². The third kappa shape index (κ3) is 3.58. The van der Waals surface area contributed by atoms with Gasteiger partial charge in [-0.25, -0.2) is 4.39 Å². The first-order valence-corrected chi connectivity index (χ1v) is 9.62. The molecule has 1 aliphatic rings. The van der Waals surface area contributed by atoms with Gasteiger partial charge in [0.2, 0.25) is 5.91 Å². The first-order valence-electron chi connectivity index (χ1n) is 8.80. The van der Waals surface area contributed by atoms with Crippen LogP contribution in [0.1, 0.15) is 37.4 Å². The van der Waals surface area contributed by atoms with Gasteiger partial charge < -0.3 is 10.0 Å². The lowest BCUT2D eigenvalue weighted by Gasteiger charge is -2.36. The minimum atomic E-state index is -1.43. The highest BCUT2D eigenvalue weighted by atomic mass is 32.2. The molecule has 1 heterocycles. The van der Waals surface area contributed by atoms with Crippen LogP contribution in [0.25, 0.3) is 0 Å². The Hall–Kier alpha value is -2.34. The maximum atomic E-state index is 13.9. The van der Waals surface area contributed by atoms with Gasteiger partial charge in [0.15, 0.2) is 4.75 Å². The number of carboxylic acid groups (broad SMARTS) is 1. The third-order valence-electron chi connectivity index (χ3n) is 4.83. The molecule has 0 unspecified atom stereocenters. The van der Waals surface area contributed by atoms with Gasteiger partial charge in [0.25, 0.3) is 0 Å². The van der Waals surface area contributed by atoms with Gasteiger partial charge in [-0.2, -0.15) is 0 Å². The Morgan fingerprint density at radius 1 is 1.26 bits per heavy atom. The molecule has 0 radical (unpaired) electrons. The zero-order valence-corrected chi connectivity index (χ0v) is 16.3. The number of likely N-dealkylation sites (tertiary alicyclic amines) is 1. The summed E-state index contributed by atoms with van der Waals surface area (Å²) in [7, 11) is 0. The molecule has 142 valence electrons.